The maximum absolute atomic E-state index is 10.1. The first-order valence-electron chi connectivity index (χ1n) is 8.31. The van der Waals surface area contributed by atoms with Gasteiger partial charge in [-0.3, -0.25) is 4.99 Å². The number of aromatic nitrogens is 1. The van der Waals surface area contributed by atoms with Gasteiger partial charge in [0.2, 0.25) is 10.6 Å². The highest BCUT2D eigenvalue weighted by molar-refractivity contribution is 7.14. The van der Waals surface area contributed by atoms with Gasteiger partial charge in [0, 0.05) is 17.0 Å². The molecule has 0 aliphatic carbocycles. The van der Waals surface area contributed by atoms with Gasteiger partial charge in [-0.25, -0.2) is 4.68 Å². The molecule has 2 heterocycles. The van der Waals surface area contributed by atoms with E-state index in [0.29, 0.717) is 11.5 Å². The second kappa shape index (κ2) is 8.41. The number of hydrogen-bond donors (Lipinski definition) is 1. The molecule has 0 unspecified atom stereocenters. The minimum absolute atomic E-state index is 0.0323. The molecule has 0 radical (unpaired) electrons. The third-order valence-corrected chi connectivity index (χ3v) is 5.37. The van der Waals surface area contributed by atoms with Crippen LogP contribution in [0.15, 0.2) is 45.1 Å². The third-order valence-electron chi connectivity index (χ3n) is 3.65. The zero-order chi connectivity index (χ0) is 19.4. The average Bonchev–Trinajstić information content (AvgIpc) is 3.30. The van der Waals surface area contributed by atoms with Crippen LogP contribution in [0.3, 0.4) is 0 Å². The van der Waals surface area contributed by atoms with Crippen molar-refractivity contribution in [2.45, 2.75) is 19.9 Å². The number of thiazole rings is 1. The maximum atomic E-state index is 10.1. The largest absolute Gasteiger partial charge is 0.502 e. The van der Waals surface area contributed by atoms with Gasteiger partial charge in [0.15, 0.2) is 11.5 Å². The maximum Gasteiger partial charge on any atom is 0.206 e. The van der Waals surface area contributed by atoms with Crippen molar-refractivity contribution in [1.82, 2.24) is 4.68 Å². The fourth-order valence-electron chi connectivity index (χ4n) is 2.43. The summed E-state index contributed by atoms with van der Waals surface area (Å²) in [6.07, 6.45) is 1.70. The molecule has 0 bridgehead atoms. The standard InChI is InChI=1S/C19H21N3O3S2/c1-12(2)21-19-22(14(11-27-19)17-6-5-7-26-17)20-10-13-8-15(24-3)18(23)16(9-13)25-4/h5-12,23H,1-4H3. The number of aromatic hydroxyl groups is 1. The number of thiophene rings is 1. The van der Waals surface area contributed by atoms with Crippen LogP contribution in [0.1, 0.15) is 19.4 Å². The molecule has 2 aromatic heterocycles. The van der Waals surface area contributed by atoms with Gasteiger partial charge in [-0.05, 0) is 37.4 Å². The van der Waals surface area contributed by atoms with Crippen LogP contribution in [0.2, 0.25) is 0 Å². The zero-order valence-electron chi connectivity index (χ0n) is 15.5. The molecular formula is C19H21N3O3S2. The highest BCUT2D eigenvalue weighted by Crippen LogP contribution is 2.36. The zero-order valence-corrected chi connectivity index (χ0v) is 17.2. The summed E-state index contributed by atoms with van der Waals surface area (Å²) in [5.74, 6) is 0.628. The lowest BCUT2D eigenvalue weighted by atomic mass is 10.2. The highest BCUT2D eigenvalue weighted by atomic mass is 32.1. The molecule has 3 aromatic rings. The van der Waals surface area contributed by atoms with E-state index in [1.807, 2.05) is 30.0 Å². The summed E-state index contributed by atoms with van der Waals surface area (Å²) < 4.78 is 12.3. The smallest absolute Gasteiger partial charge is 0.206 e. The second-order valence-corrected chi connectivity index (χ2v) is 7.72. The van der Waals surface area contributed by atoms with Crippen molar-refractivity contribution in [3.05, 3.63) is 45.4 Å². The SMILES string of the molecule is COc1cc(C=Nn2c(-c3cccs3)csc2=NC(C)C)cc(OC)c1O. The number of hydrogen-bond acceptors (Lipinski definition) is 7. The molecule has 27 heavy (non-hydrogen) atoms. The van der Waals surface area contributed by atoms with Gasteiger partial charge >= 0.3 is 0 Å². The molecular weight excluding hydrogens is 382 g/mol. The third kappa shape index (κ3) is 4.23. The van der Waals surface area contributed by atoms with E-state index in [1.165, 1.54) is 14.2 Å². The lowest BCUT2D eigenvalue weighted by Crippen LogP contribution is -2.14. The number of phenols is 1. The average molecular weight is 404 g/mol. The molecule has 0 amide bonds. The molecule has 0 spiro atoms. The van der Waals surface area contributed by atoms with Crippen LogP contribution < -0.4 is 14.3 Å². The van der Waals surface area contributed by atoms with Crippen molar-refractivity contribution in [3.63, 3.8) is 0 Å². The van der Waals surface area contributed by atoms with Crippen LogP contribution in [-0.4, -0.2) is 36.3 Å². The van der Waals surface area contributed by atoms with Gasteiger partial charge in [-0.15, -0.1) is 22.7 Å². The van der Waals surface area contributed by atoms with E-state index >= 15 is 0 Å². The van der Waals surface area contributed by atoms with E-state index in [9.17, 15) is 5.11 Å². The van der Waals surface area contributed by atoms with Crippen molar-refractivity contribution < 1.29 is 14.6 Å². The molecule has 0 saturated carbocycles. The van der Waals surface area contributed by atoms with Crippen LogP contribution in [0, 0.1) is 0 Å². The molecule has 0 aliphatic heterocycles. The Kier molecular flexibility index (Phi) is 5.98. The van der Waals surface area contributed by atoms with Gasteiger partial charge in [-0.2, -0.15) is 5.10 Å². The van der Waals surface area contributed by atoms with Gasteiger partial charge in [0.1, 0.15) is 0 Å². The number of methoxy groups -OCH3 is 2. The van der Waals surface area contributed by atoms with E-state index < -0.39 is 0 Å². The molecule has 3 rings (SSSR count). The van der Waals surface area contributed by atoms with Crippen LogP contribution in [0.5, 0.6) is 17.2 Å². The quantitative estimate of drug-likeness (QED) is 0.628. The fraction of sp³-hybridized carbons (Fsp3) is 0.263. The van der Waals surface area contributed by atoms with E-state index in [-0.39, 0.29) is 11.8 Å². The van der Waals surface area contributed by atoms with Crippen molar-refractivity contribution in [2.24, 2.45) is 10.1 Å². The Morgan fingerprint density at radius 1 is 1.15 bits per heavy atom. The molecule has 0 fully saturated rings. The number of benzene rings is 1. The second-order valence-electron chi connectivity index (χ2n) is 5.93. The summed E-state index contributed by atoms with van der Waals surface area (Å²) in [6, 6.07) is 7.65. The summed E-state index contributed by atoms with van der Waals surface area (Å²) in [4.78, 5) is 6.61. The minimum atomic E-state index is -0.0323. The van der Waals surface area contributed by atoms with Crippen LogP contribution in [-0.2, 0) is 0 Å². The Labute approximate surface area is 165 Å². The molecule has 0 saturated heterocycles. The molecule has 0 atom stereocenters. The lowest BCUT2D eigenvalue weighted by Gasteiger charge is -2.09. The Balaban J connectivity index is 2.08. The summed E-state index contributed by atoms with van der Waals surface area (Å²) in [5, 5.41) is 18.8. The van der Waals surface area contributed by atoms with Crippen molar-refractivity contribution in [2.75, 3.05) is 14.2 Å². The summed E-state index contributed by atoms with van der Waals surface area (Å²) >= 11 is 3.21. The molecule has 0 aliphatic rings. The predicted molar refractivity (Wildman–Crippen MR) is 111 cm³/mol. The van der Waals surface area contributed by atoms with Gasteiger partial charge in [-0.1, -0.05) is 6.07 Å². The van der Waals surface area contributed by atoms with E-state index in [2.05, 4.69) is 21.5 Å². The number of phenolic OH excluding ortho intramolecular Hbond substituents is 1. The Hall–Kier alpha value is -2.58. The lowest BCUT2D eigenvalue weighted by molar-refractivity contribution is 0.340. The molecule has 1 N–H and O–H groups in total. The Morgan fingerprint density at radius 3 is 2.41 bits per heavy atom. The predicted octanol–water partition coefficient (Wildman–Crippen LogP) is 4.19. The van der Waals surface area contributed by atoms with Crippen molar-refractivity contribution in [1.29, 1.82) is 0 Å². The molecule has 8 heteroatoms. The minimum Gasteiger partial charge on any atom is -0.502 e. The normalized spacial score (nSPS) is 12.3. The topological polar surface area (TPSA) is 68.3 Å². The Bertz CT molecular complexity index is 977. The first-order chi connectivity index (χ1) is 13.0. The van der Waals surface area contributed by atoms with Crippen LogP contribution in [0.25, 0.3) is 10.6 Å². The van der Waals surface area contributed by atoms with E-state index in [1.54, 1.807) is 41.0 Å². The fourth-order valence-corrected chi connectivity index (χ4v) is 4.19. The Morgan fingerprint density at radius 2 is 1.85 bits per heavy atom. The first-order valence-corrected chi connectivity index (χ1v) is 10.1. The summed E-state index contributed by atoms with van der Waals surface area (Å²) in [5.41, 5.74) is 1.73. The summed E-state index contributed by atoms with van der Waals surface area (Å²) in [6.45, 7) is 4.07. The molecule has 1 aromatic carbocycles. The van der Waals surface area contributed by atoms with E-state index in [4.69, 9.17) is 9.47 Å². The number of rotatable bonds is 6. The molecule has 6 nitrogen and oxygen atoms in total. The van der Waals surface area contributed by atoms with Gasteiger partial charge < -0.3 is 14.6 Å². The number of ether oxygens (including phenoxy) is 2. The molecule has 142 valence electrons. The monoisotopic (exact) mass is 403 g/mol. The van der Waals surface area contributed by atoms with Crippen molar-refractivity contribution >= 4 is 28.9 Å². The summed E-state index contributed by atoms with van der Waals surface area (Å²) in [7, 11) is 3.00. The highest BCUT2D eigenvalue weighted by Gasteiger charge is 2.11. The number of nitrogens with zero attached hydrogens (tertiary/aromatic N) is 3. The van der Waals surface area contributed by atoms with Crippen LogP contribution >= 0.6 is 22.7 Å². The van der Waals surface area contributed by atoms with Gasteiger partial charge in [0.05, 0.1) is 31.0 Å². The first kappa shape index (κ1) is 19.2. The van der Waals surface area contributed by atoms with E-state index in [0.717, 1.165) is 20.9 Å². The van der Waals surface area contributed by atoms with Gasteiger partial charge in [0.25, 0.3) is 0 Å². The van der Waals surface area contributed by atoms with Crippen molar-refractivity contribution in [3.8, 4) is 27.8 Å². The van der Waals surface area contributed by atoms with Crippen LogP contribution in [0.4, 0.5) is 0 Å².